The van der Waals surface area contributed by atoms with Crippen LogP contribution in [0, 0.1) is 0 Å². The molecule has 9 aromatic carbocycles. The van der Waals surface area contributed by atoms with Gasteiger partial charge in [-0.05, 0) is 83.7 Å². The van der Waals surface area contributed by atoms with E-state index < -0.39 is 0 Å². The average Bonchev–Trinajstić information content (AvgIpc) is 3.83. The highest BCUT2D eigenvalue weighted by molar-refractivity contribution is 6.11. The summed E-state index contributed by atoms with van der Waals surface area (Å²) in [6.45, 7) is 0. The van der Waals surface area contributed by atoms with Crippen molar-refractivity contribution in [3.05, 3.63) is 206 Å². The number of para-hydroxylation sites is 4. The standard InChI is InChI=1S/C52H34N2O2/c1-3-15-37(16-4-1)53(38-17-5-2-6-18-38)39-27-25-36(26-28-39)43-21-12-22-47-46-32-30-41(34-51(46)56-52(43)47)54(48-23-11-14-35-13-7-8-19-42(35)48)40-29-31-45-44-20-9-10-24-49(44)55-50(45)33-40/h1-34H. The minimum absolute atomic E-state index is 0.830. The molecule has 264 valence electrons. The van der Waals surface area contributed by atoms with Gasteiger partial charge in [-0.1, -0.05) is 121 Å². The Morgan fingerprint density at radius 1 is 0.304 bits per heavy atom. The molecule has 0 bridgehead atoms. The van der Waals surface area contributed by atoms with Gasteiger partial charge in [-0.3, -0.25) is 0 Å². The maximum absolute atomic E-state index is 6.86. The number of furan rings is 2. The molecule has 0 spiro atoms. The summed E-state index contributed by atoms with van der Waals surface area (Å²) in [6.07, 6.45) is 0. The molecule has 0 unspecified atom stereocenters. The van der Waals surface area contributed by atoms with Gasteiger partial charge in [-0.25, -0.2) is 0 Å². The number of anilines is 6. The Balaban J connectivity index is 1.03. The Hall–Kier alpha value is -7.56. The molecule has 0 aliphatic rings. The van der Waals surface area contributed by atoms with Gasteiger partial charge in [-0.15, -0.1) is 0 Å². The lowest BCUT2D eigenvalue weighted by atomic mass is 10.0. The molecule has 2 heterocycles. The van der Waals surface area contributed by atoms with Crippen LogP contribution in [0.3, 0.4) is 0 Å². The largest absolute Gasteiger partial charge is 0.456 e. The third-order valence-corrected chi connectivity index (χ3v) is 10.8. The number of nitrogens with zero attached hydrogens (tertiary/aromatic N) is 2. The van der Waals surface area contributed by atoms with Crippen molar-refractivity contribution in [3.63, 3.8) is 0 Å². The maximum Gasteiger partial charge on any atom is 0.143 e. The third-order valence-electron chi connectivity index (χ3n) is 10.8. The highest BCUT2D eigenvalue weighted by atomic mass is 16.3. The highest BCUT2D eigenvalue weighted by Gasteiger charge is 2.20. The van der Waals surface area contributed by atoms with Gasteiger partial charge in [0.2, 0.25) is 0 Å². The lowest BCUT2D eigenvalue weighted by Crippen LogP contribution is -2.10. The van der Waals surface area contributed by atoms with Crippen molar-refractivity contribution in [1.82, 2.24) is 0 Å². The van der Waals surface area contributed by atoms with Crippen LogP contribution in [0.4, 0.5) is 34.1 Å². The summed E-state index contributed by atoms with van der Waals surface area (Å²) < 4.78 is 13.2. The van der Waals surface area contributed by atoms with E-state index in [2.05, 4.69) is 204 Å². The number of hydrogen-bond donors (Lipinski definition) is 0. The van der Waals surface area contributed by atoms with Crippen LogP contribution in [0.2, 0.25) is 0 Å². The van der Waals surface area contributed by atoms with E-state index in [4.69, 9.17) is 8.83 Å². The van der Waals surface area contributed by atoms with Crippen molar-refractivity contribution < 1.29 is 8.83 Å². The molecule has 4 heteroatoms. The molecule has 0 radical (unpaired) electrons. The second-order valence-corrected chi connectivity index (χ2v) is 14.1. The van der Waals surface area contributed by atoms with E-state index in [1.807, 2.05) is 12.1 Å². The number of benzene rings is 9. The molecule has 0 fully saturated rings. The van der Waals surface area contributed by atoms with E-state index in [1.54, 1.807) is 0 Å². The van der Waals surface area contributed by atoms with E-state index >= 15 is 0 Å². The molecule has 0 N–H and O–H groups in total. The predicted octanol–water partition coefficient (Wildman–Crippen LogP) is 15.2. The van der Waals surface area contributed by atoms with Crippen LogP contribution in [0.25, 0.3) is 65.8 Å². The SMILES string of the molecule is c1ccc(N(c2ccccc2)c2ccc(-c3cccc4c3oc3cc(N(c5ccc6c(c5)oc5ccccc56)c5cccc6ccccc56)ccc34)cc2)cc1. The molecule has 11 aromatic rings. The minimum atomic E-state index is 0.830. The fourth-order valence-corrected chi connectivity index (χ4v) is 8.23. The molecular weight excluding hydrogens is 685 g/mol. The quantitative estimate of drug-likeness (QED) is 0.164. The Kier molecular flexibility index (Phi) is 7.46. The summed E-state index contributed by atoms with van der Waals surface area (Å²) in [5, 5.41) is 6.72. The second kappa shape index (κ2) is 13.1. The van der Waals surface area contributed by atoms with Crippen LogP contribution in [-0.4, -0.2) is 0 Å². The van der Waals surface area contributed by atoms with Gasteiger partial charge in [0, 0.05) is 73.1 Å². The van der Waals surface area contributed by atoms with Gasteiger partial charge in [-0.2, -0.15) is 0 Å². The van der Waals surface area contributed by atoms with E-state index in [0.29, 0.717) is 0 Å². The monoisotopic (exact) mass is 718 g/mol. The summed E-state index contributed by atoms with van der Waals surface area (Å²) in [4.78, 5) is 4.59. The van der Waals surface area contributed by atoms with Crippen molar-refractivity contribution in [3.8, 4) is 11.1 Å². The number of fused-ring (bicyclic) bond motifs is 7. The zero-order chi connectivity index (χ0) is 37.0. The van der Waals surface area contributed by atoms with Crippen LogP contribution < -0.4 is 9.80 Å². The van der Waals surface area contributed by atoms with Gasteiger partial charge in [0.05, 0.1) is 5.69 Å². The first-order valence-electron chi connectivity index (χ1n) is 18.9. The second-order valence-electron chi connectivity index (χ2n) is 14.1. The Morgan fingerprint density at radius 3 is 1.55 bits per heavy atom. The van der Waals surface area contributed by atoms with Crippen molar-refractivity contribution in [2.75, 3.05) is 9.80 Å². The predicted molar refractivity (Wildman–Crippen MR) is 233 cm³/mol. The van der Waals surface area contributed by atoms with Crippen LogP contribution in [0.5, 0.6) is 0 Å². The zero-order valence-corrected chi connectivity index (χ0v) is 30.3. The molecule has 4 nitrogen and oxygen atoms in total. The third kappa shape index (κ3) is 5.31. The summed E-state index contributed by atoms with van der Waals surface area (Å²) in [5.41, 5.74) is 12.0. The molecule has 0 saturated heterocycles. The van der Waals surface area contributed by atoms with Gasteiger partial charge >= 0.3 is 0 Å². The molecule has 11 rings (SSSR count). The van der Waals surface area contributed by atoms with Crippen molar-refractivity contribution >= 4 is 88.8 Å². The Morgan fingerprint density at radius 2 is 0.821 bits per heavy atom. The summed E-state index contributed by atoms with van der Waals surface area (Å²) in [5.74, 6) is 0. The molecule has 56 heavy (non-hydrogen) atoms. The first-order valence-corrected chi connectivity index (χ1v) is 18.9. The van der Waals surface area contributed by atoms with E-state index in [9.17, 15) is 0 Å². The molecular formula is C52H34N2O2. The molecule has 0 aliphatic carbocycles. The van der Waals surface area contributed by atoms with Gasteiger partial charge < -0.3 is 18.6 Å². The van der Waals surface area contributed by atoms with Crippen LogP contribution in [-0.2, 0) is 0 Å². The molecule has 0 amide bonds. The van der Waals surface area contributed by atoms with Crippen molar-refractivity contribution in [2.45, 2.75) is 0 Å². The normalized spacial score (nSPS) is 11.6. The first-order chi connectivity index (χ1) is 27.8. The average molecular weight is 719 g/mol. The molecule has 0 atom stereocenters. The lowest BCUT2D eigenvalue weighted by Gasteiger charge is -2.26. The maximum atomic E-state index is 6.86. The fourth-order valence-electron chi connectivity index (χ4n) is 8.23. The van der Waals surface area contributed by atoms with Gasteiger partial charge in [0.15, 0.2) is 0 Å². The van der Waals surface area contributed by atoms with Crippen molar-refractivity contribution in [1.29, 1.82) is 0 Å². The lowest BCUT2D eigenvalue weighted by molar-refractivity contribution is 0.669. The minimum Gasteiger partial charge on any atom is -0.456 e. The van der Waals surface area contributed by atoms with Gasteiger partial charge in [0.25, 0.3) is 0 Å². The molecule has 0 aliphatic heterocycles. The van der Waals surface area contributed by atoms with Crippen LogP contribution in [0.15, 0.2) is 215 Å². The Labute approximate surface area is 323 Å². The Bertz CT molecular complexity index is 3160. The van der Waals surface area contributed by atoms with E-state index in [0.717, 1.165) is 94.5 Å². The number of rotatable bonds is 7. The van der Waals surface area contributed by atoms with Crippen molar-refractivity contribution in [2.24, 2.45) is 0 Å². The zero-order valence-electron chi connectivity index (χ0n) is 30.3. The molecule has 0 saturated carbocycles. The summed E-state index contributed by atoms with van der Waals surface area (Å²) in [6, 6.07) is 72.5. The topological polar surface area (TPSA) is 32.8 Å². The van der Waals surface area contributed by atoms with E-state index in [1.165, 1.54) is 5.39 Å². The van der Waals surface area contributed by atoms with E-state index in [-0.39, 0.29) is 0 Å². The number of hydrogen-bond acceptors (Lipinski definition) is 4. The first kappa shape index (κ1) is 31.9. The van der Waals surface area contributed by atoms with Crippen LogP contribution in [0.1, 0.15) is 0 Å². The fraction of sp³-hybridized carbons (Fsp3) is 0. The summed E-state index contributed by atoms with van der Waals surface area (Å²) >= 11 is 0. The smallest absolute Gasteiger partial charge is 0.143 e. The summed E-state index contributed by atoms with van der Waals surface area (Å²) in [7, 11) is 0. The molecule has 2 aromatic heterocycles. The van der Waals surface area contributed by atoms with Crippen LogP contribution >= 0.6 is 0 Å². The van der Waals surface area contributed by atoms with Gasteiger partial charge in [0.1, 0.15) is 22.3 Å². The highest BCUT2D eigenvalue weighted by Crippen LogP contribution is 2.44.